The van der Waals surface area contributed by atoms with Gasteiger partial charge in [0.1, 0.15) is 0 Å². The third kappa shape index (κ3) is 4.00. The summed E-state index contributed by atoms with van der Waals surface area (Å²) in [6.45, 7) is 4.17. The molecule has 0 spiro atoms. The molecule has 3 unspecified atom stereocenters. The van der Waals surface area contributed by atoms with Gasteiger partial charge in [-0.05, 0) is 37.0 Å². The number of fused-ring (bicyclic) bond motifs is 2. The molecule has 3 saturated heterocycles. The van der Waals surface area contributed by atoms with Gasteiger partial charge < -0.3 is 25.0 Å². The lowest BCUT2D eigenvalue weighted by atomic mass is 9.96. The lowest BCUT2D eigenvalue weighted by Gasteiger charge is -2.31. The van der Waals surface area contributed by atoms with Crippen LogP contribution in [-0.2, 0) is 16.0 Å². The summed E-state index contributed by atoms with van der Waals surface area (Å²) in [7, 11) is 1.83. The Hall–Kier alpha value is -1.31. The Morgan fingerprint density at radius 2 is 2.15 bits per heavy atom. The number of guanidine groups is 1. The highest BCUT2D eigenvalue weighted by Crippen LogP contribution is 2.34. The number of hydrogen-bond donors (Lipinski definition) is 2. The summed E-state index contributed by atoms with van der Waals surface area (Å²) in [5.74, 6) is 0.849. The van der Waals surface area contributed by atoms with Crippen LogP contribution >= 0.6 is 15.9 Å². The molecule has 0 radical (unpaired) electrons. The maximum atomic E-state index is 5.94. The second-order valence-electron chi connectivity index (χ2n) is 7.16. The zero-order chi connectivity index (χ0) is 17.9. The highest BCUT2D eigenvalue weighted by atomic mass is 79.9. The number of aliphatic imine (C=N–C) groups is 1. The quantitative estimate of drug-likeness (QED) is 0.575. The van der Waals surface area contributed by atoms with Gasteiger partial charge in [0.15, 0.2) is 5.96 Å². The van der Waals surface area contributed by atoms with Crippen LogP contribution in [-0.4, -0.2) is 57.6 Å². The standard InChI is InChI=1S/C19H27BrN4O2/c1-21-19(23-16-11-15-4-5-18(16)26-15)22-12-13-2-3-14(20)10-17(13)24-6-8-25-9-7-24/h2-3,10,15-16,18H,4-9,11-12H2,1H3,(H2,21,22,23). The molecule has 2 bridgehead atoms. The van der Waals surface area contributed by atoms with Crippen molar-refractivity contribution in [2.75, 3.05) is 38.3 Å². The summed E-state index contributed by atoms with van der Waals surface area (Å²) in [5, 5.41) is 7.03. The minimum atomic E-state index is 0.343. The van der Waals surface area contributed by atoms with Crippen LogP contribution in [0.15, 0.2) is 27.7 Å². The van der Waals surface area contributed by atoms with E-state index in [1.807, 2.05) is 7.05 Å². The van der Waals surface area contributed by atoms with E-state index in [2.05, 4.69) is 54.7 Å². The first-order chi connectivity index (χ1) is 12.7. The van der Waals surface area contributed by atoms with E-state index in [0.29, 0.717) is 18.2 Å². The van der Waals surface area contributed by atoms with Gasteiger partial charge in [-0.2, -0.15) is 0 Å². The van der Waals surface area contributed by atoms with Gasteiger partial charge >= 0.3 is 0 Å². The van der Waals surface area contributed by atoms with Crippen molar-refractivity contribution < 1.29 is 9.47 Å². The normalized spacial score (nSPS) is 28.5. The number of ether oxygens (including phenoxy) is 2. The maximum absolute atomic E-state index is 5.94. The molecule has 2 N–H and O–H groups in total. The molecule has 0 aromatic heterocycles. The maximum Gasteiger partial charge on any atom is 0.191 e. The predicted octanol–water partition coefficient (Wildman–Crippen LogP) is 2.27. The van der Waals surface area contributed by atoms with E-state index in [4.69, 9.17) is 9.47 Å². The molecule has 1 aromatic rings. The van der Waals surface area contributed by atoms with Crippen LogP contribution in [0.1, 0.15) is 24.8 Å². The molecule has 4 rings (SSSR count). The summed E-state index contributed by atoms with van der Waals surface area (Å²) in [4.78, 5) is 6.80. The summed E-state index contributed by atoms with van der Waals surface area (Å²) in [6, 6.07) is 6.85. The minimum absolute atomic E-state index is 0.343. The smallest absolute Gasteiger partial charge is 0.191 e. The first-order valence-electron chi connectivity index (χ1n) is 9.46. The fraction of sp³-hybridized carbons (Fsp3) is 0.632. The van der Waals surface area contributed by atoms with Crippen molar-refractivity contribution in [2.45, 2.75) is 44.1 Å². The number of halogens is 1. The average Bonchev–Trinajstić information content (AvgIpc) is 3.29. The zero-order valence-electron chi connectivity index (χ0n) is 15.2. The zero-order valence-corrected chi connectivity index (χ0v) is 16.8. The first kappa shape index (κ1) is 18.1. The summed E-state index contributed by atoms with van der Waals surface area (Å²) < 4.78 is 12.5. The number of anilines is 1. The Labute approximate surface area is 163 Å². The highest BCUT2D eigenvalue weighted by molar-refractivity contribution is 9.10. The minimum Gasteiger partial charge on any atom is -0.378 e. The monoisotopic (exact) mass is 422 g/mol. The van der Waals surface area contributed by atoms with Crippen LogP contribution in [0.4, 0.5) is 5.69 Å². The molecule has 3 aliphatic heterocycles. The van der Waals surface area contributed by atoms with E-state index in [1.54, 1.807) is 0 Å². The van der Waals surface area contributed by atoms with Gasteiger partial charge in [0, 0.05) is 36.8 Å². The van der Waals surface area contributed by atoms with E-state index < -0.39 is 0 Å². The van der Waals surface area contributed by atoms with E-state index in [0.717, 1.165) is 56.1 Å². The molecule has 3 fully saturated rings. The van der Waals surface area contributed by atoms with Crippen molar-refractivity contribution in [2.24, 2.45) is 4.99 Å². The fourth-order valence-corrected chi connectivity index (χ4v) is 4.47. The molecule has 0 aliphatic carbocycles. The van der Waals surface area contributed by atoms with Crippen LogP contribution in [0.3, 0.4) is 0 Å². The van der Waals surface area contributed by atoms with Crippen molar-refractivity contribution in [3.8, 4) is 0 Å². The van der Waals surface area contributed by atoms with Crippen LogP contribution < -0.4 is 15.5 Å². The molecular weight excluding hydrogens is 396 g/mol. The van der Waals surface area contributed by atoms with Gasteiger partial charge in [-0.3, -0.25) is 4.99 Å². The molecule has 0 saturated carbocycles. The molecule has 0 amide bonds. The van der Waals surface area contributed by atoms with E-state index in [-0.39, 0.29) is 0 Å². The molecule has 1 aromatic carbocycles. The lowest BCUT2D eigenvalue weighted by Crippen LogP contribution is -2.47. The Morgan fingerprint density at radius 1 is 1.31 bits per heavy atom. The number of morpholine rings is 1. The molecule has 6 nitrogen and oxygen atoms in total. The Kier molecular flexibility index (Phi) is 5.66. The van der Waals surface area contributed by atoms with Gasteiger partial charge in [-0.15, -0.1) is 0 Å². The molecule has 3 atom stereocenters. The third-order valence-corrected chi connectivity index (χ3v) is 5.99. The van der Waals surface area contributed by atoms with Crippen molar-refractivity contribution in [1.82, 2.24) is 10.6 Å². The summed E-state index contributed by atoms with van der Waals surface area (Å²) in [6.07, 6.45) is 4.23. The number of nitrogens with zero attached hydrogens (tertiary/aromatic N) is 2. The Bertz CT molecular complexity index is 663. The van der Waals surface area contributed by atoms with Gasteiger partial charge in [-0.1, -0.05) is 22.0 Å². The number of hydrogen-bond acceptors (Lipinski definition) is 4. The second-order valence-corrected chi connectivity index (χ2v) is 8.07. The second kappa shape index (κ2) is 8.15. The van der Waals surface area contributed by atoms with Crippen molar-refractivity contribution in [1.29, 1.82) is 0 Å². The van der Waals surface area contributed by atoms with Gasteiger partial charge in [0.2, 0.25) is 0 Å². The van der Waals surface area contributed by atoms with Crippen molar-refractivity contribution >= 4 is 27.6 Å². The number of benzene rings is 1. The Morgan fingerprint density at radius 3 is 2.85 bits per heavy atom. The summed E-state index contributed by atoms with van der Waals surface area (Å²) in [5.41, 5.74) is 2.52. The SMILES string of the molecule is CN=C(NCc1ccc(Br)cc1N1CCOCC1)NC1CC2CCC1O2. The van der Waals surface area contributed by atoms with Crippen LogP contribution in [0.2, 0.25) is 0 Å². The van der Waals surface area contributed by atoms with Gasteiger partial charge in [0.25, 0.3) is 0 Å². The van der Waals surface area contributed by atoms with E-state index in [1.165, 1.54) is 17.7 Å². The average molecular weight is 423 g/mol. The largest absolute Gasteiger partial charge is 0.378 e. The lowest BCUT2D eigenvalue weighted by molar-refractivity contribution is 0.0992. The number of rotatable bonds is 4. The molecule has 3 aliphatic rings. The number of nitrogens with one attached hydrogen (secondary N) is 2. The summed E-state index contributed by atoms with van der Waals surface area (Å²) >= 11 is 3.61. The fourth-order valence-electron chi connectivity index (χ4n) is 4.12. The third-order valence-electron chi connectivity index (χ3n) is 5.50. The highest BCUT2D eigenvalue weighted by Gasteiger charge is 2.41. The van der Waals surface area contributed by atoms with E-state index >= 15 is 0 Å². The van der Waals surface area contributed by atoms with Gasteiger partial charge in [0.05, 0.1) is 31.5 Å². The van der Waals surface area contributed by atoms with Crippen LogP contribution in [0.25, 0.3) is 0 Å². The first-order valence-corrected chi connectivity index (χ1v) is 10.3. The van der Waals surface area contributed by atoms with Gasteiger partial charge in [-0.25, -0.2) is 0 Å². The topological polar surface area (TPSA) is 58.1 Å². The van der Waals surface area contributed by atoms with Crippen LogP contribution in [0.5, 0.6) is 0 Å². The Balaban J connectivity index is 1.40. The van der Waals surface area contributed by atoms with Crippen molar-refractivity contribution in [3.05, 3.63) is 28.2 Å². The van der Waals surface area contributed by atoms with Crippen molar-refractivity contribution in [3.63, 3.8) is 0 Å². The van der Waals surface area contributed by atoms with E-state index in [9.17, 15) is 0 Å². The molecule has 26 heavy (non-hydrogen) atoms. The molecular formula is C19H27BrN4O2. The molecule has 7 heteroatoms. The predicted molar refractivity (Wildman–Crippen MR) is 107 cm³/mol. The van der Waals surface area contributed by atoms with Crippen LogP contribution in [0, 0.1) is 0 Å². The molecule has 3 heterocycles. The molecule has 142 valence electrons.